The van der Waals surface area contributed by atoms with Crippen LogP contribution in [0.1, 0.15) is 16.8 Å². The van der Waals surface area contributed by atoms with Crippen LogP contribution in [0.25, 0.3) is 0 Å². The predicted octanol–water partition coefficient (Wildman–Crippen LogP) is 0.615. The Balaban J connectivity index is 1.86. The molecule has 0 radical (unpaired) electrons. The van der Waals surface area contributed by atoms with Crippen LogP contribution in [0.5, 0.6) is 5.75 Å². The fourth-order valence-electron chi connectivity index (χ4n) is 2.06. The van der Waals surface area contributed by atoms with Gasteiger partial charge in [0, 0.05) is 10.5 Å². The molecule has 9 heteroatoms. The summed E-state index contributed by atoms with van der Waals surface area (Å²) < 4.78 is 27.9. The molecule has 1 atom stereocenters. The summed E-state index contributed by atoms with van der Waals surface area (Å²) in [4.78, 5) is 23.4. The highest BCUT2D eigenvalue weighted by Crippen LogP contribution is 2.22. The lowest BCUT2D eigenvalue weighted by Crippen LogP contribution is -2.38. The van der Waals surface area contributed by atoms with Gasteiger partial charge in [-0.15, -0.1) is 0 Å². The van der Waals surface area contributed by atoms with Crippen molar-refractivity contribution in [3.8, 4) is 5.75 Å². The minimum atomic E-state index is -3.09. The number of carbonyl (C=O) groups is 2. The van der Waals surface area contributed by atoms with E-state index in [-0.39, 0.29) is 22.8 Å². The van der Waals surface area contributed by atoms with Crippen molar-refractivity contribution in [3.63, 3.8) is 0 Å². The van der Waals surface area contributed by atoms with Gasteiger partial charge in [0.15, 0.2) is 16.4 Å². The second-order valence-corrected chi connectivity index (χ2v) is 8.05. The molecule has 0 bridgehead atoms. The van der Waals surface area contributed by atoms with Crippen molar-refractivity contribution >= 4 is 37.6 Å². The van der Waals surface area contributed by atoms with E-state index >= 15 is 0 Å². The molecule has 1 saturated heterocycles. The molecule has 1 aromatic carbocycles. The Labute approximate surface area is 135 Å². The number of rotatable bonds is 4. The number of phenolic OH excluding ortho intramolecular Hbond substituents is 1. The Morgan fingerprint density at radius 2 is 2.14 bits per heavy atom. The maximum absolute atomic E-state index is 11.8. The first kappa shape index (κ1) is 16.8. The highest BCUT2D eigenvalue weighted by molar-refractivity contribution is 9.10. The van der Waals surface area contributed by atoms with Crippen molar-refractivity contribution in [2.24, 2.45) is 0 Å². The van der Waals surface area contributed by atoms with E-state index in [9.17, 15) is 23.1 Å². The largest absolute Gasteiger partial charge is 0.507 e. The lowest BCUT2D eigenvalue weighted by atomic mass is 10.2. The van der Waals surface area contributed by atoms with E-state index in [4.69, 9.17) is 4.74 Å². The summed E-state index contributed by atoms with van der Waals surface area (Å²) in [6.07, 6.45) is 0.356. The van der Waals surface area contributed by atoms with Crippen LogP contribution >= 0.6 is 15.9 Å². The second-order valence-electron chi connectivity index (χ2n) is 4.91. The van der Waals surface area contributed by atoms with E-state index < -0.39 is 34.4 Å². The fraction of sp³-hybridized carbons (Fsp3) is 0.385. The summed E-state index contributed by atoms with van der Waals surface area (Å²) in [5.41, 5.74) is -0.0642. The summed E-state index contributed by atoms with van der Waals surface area (Å²) in [6.45, 7) is -0.540. The molecule has 0 aliphatic carbocycles. The van der Waals surface area contributed by atoms with Crippen LogP contribution in [0.4, 0.5) is 0 Å². The summed E-state index contributed by atoms with van der Waals surface area (Å²) in [6, 6.07) is 3.80. The Kier molecular flexibility index (Phi) is 5.07. The normalized spacial score (nSPS) is 19.6. The van der Waals surface area contributed by atoms with Crippen LogP contribution in [-0.2, 0) is 19.4 Å². The number of esters is 1. The number of ether oxygens (including phenoxy) is 1. The van der Waals surface area contributed by atoms with Gasteiger partial charge in [-0.05, 0) is 24.6 Å². The molecule has 2 rings (SSSR count). The van der Waals surface area contributed by atoms with Gasteiger partial charge in [0.2, 0.25) is 0 Å². The maximum atomic E-state index is 11.8. The van der Waals surface area contributed by atoms with Gasteiger partial charge in [-0.2, -0.15) is 0 Å². The monoisotopic (exact) mass is 391 g/mol. The average Bonchev–Trinajstić information content (AvgIpc) is 2.78. The van der Waals surface area contributed by atoms with Gasteiger partial charge in [-0.1, -0.05) is 15.9 Å². The van der Waals surface area contributed by atoms with Gasteiger partial charge >= 0.3 is 5.97 Å². The number of sulfone groups is 1. The lowest BCUT2D eigenvalue weighted by Gasteiger charge is -2.11. The number of aromatic hydroxyl groups is 1. The lowest BCUT2D eigenvalue weighted by molar-refractivity contribution is -0.124. The van der Waals surface area contributed by atoms with E-state index in [0.29, 0.717) is 10.9 Å². The molecule has 120 valence electrons. The van der Waals surface area contributed by atoms with Gasteiger partial charge < -0.3 is 15.2 Å². The highest BCUT2D eigenvalue weighted by Gasteiger charge is 2.29. The van der Waals surface area contributed by atoms with Crippen molar-refractivity contribution in [2.75, 3.05) is 18.1 Å². The topological polar surface area (TPSA) is 110 Å². The van der Waals surface area contributed by atoms with E-state index in [1.165, 1.54) is 12.1 Å². The molecule has 0 spiro atoms. The van der Waals surface area contributed by atoms with Crippen LogP contribution in [0.3, 0.4) is 0 Å². The van der Waals surface area contributed by atoms with E-state index in [1.54, 1.807) is 6.07 Å². The van der Waals surface area contributed by atoms with E-state index in [1.807, 2.05) is 0 Å². The van der Waals surface area contributed by atoms with Crippen molar-refractivity contribution < 1.29 is 27.9 Å². The molecule has 0 aromatic heterocycles. The molecule has 2 N–H and O–H groups in total. The Morgan fingerprint density at radius 1 is 1.41 bits per heavy atom. The molecule has 22 heavy (non-hydrogen) atoms. The van der Waals surface area contributed by atoms with Crippen LogP contribution < -0.4 is 5.32 Å². The molecule has 1 aromatic rings. The highest BCUT2D eigenvalue weighted by atomic mass is 79.9. The number of nitrogens with one attached hydrogen (secondary N) is 1. The standard InChI is InChI=1S/C13H14BrNO6S/c14-8-1-2-11(16)10(5-8)13(18)21-6-12(17)15-9-3-4-22(19,20)7-9/h1-2,5,9,16H,3-4,6-7H2,(H,15,17). The maximum Gasteiger partial charge on any atom is 0.342 e. The van der Waals surface area contributed by atoms with Crippen LogP contribution in [0.15, 0.2) is 22.7 Å². The Hall–Kier alpha value is -1.61. The van der Waals surface area contributed by atoms with Crippen LogP contribution in [0, 0.1) is 0 Å². The third kappa shape index (κ3) is 4.44. The molecule has 1 heterocycles. The van der Waals surface area contributed by atoms with E-state index in [0.717, 1.165) is 0 Å². The van der Waals surface area contributed by atoms with Crippen molar-refractivity contribution in [3.05, 3.63) is 28.2 Å². The van der Waals surface area contributed by atoms with Gasteiger partial charge in [0.1, 0.15) is 11.3 Å². The molecule has 0 saturated carbocycles. The van der Waals surface area contributed by atoms with Crippen LogP contribution in [-0.4, -0.2) is 49.6 Å². The molecule has 7 nitrogen and oxygen atoms in total. The van der Waals surface area contributed by atoms with Crippen molar-refractivity contribution in [1.82, 2.24) is 5.32 Å². The first-order valence-electron chi connectivity index (χ1n) is 6.42. The summed E-state index contributed by atoms with van der Waals surface area (Å²) in [7, 11) is -3.09. The molecule has 1 aliphatic heterocycles. The number of phenols is 1. The SMILES string of the molecule is O=C(COC(=O)c1cc(Br)ccc1O)NC1CCS(=O)(=O)C1. The number of hydrogen-bond donors (Lipinski definition) is 2. The molecular formula is C13H14BrNO6S. The van der Waals surface area contributed by atoms with Gasteiger partial charge in [-0.25, -0.2) is 13.2 Å². The average molecular weight is 392 g/mol. The zero-order valence-electron chi connectivity index (χ0n) is 11.4. The van der Waals surface area contributed by atoms with Gasteiger partial charge in [-0.3, -0.25) is 4.79 Å². The molecule has 1 unspecified atom stereocenters. The quantitative estimate of drug-likeness (QED) is 0.727. The minimum Gasteiger partial charge on any atom is -0.507 e. The third-order valence-corrected chi connectivity index (χ3v) is 5.37. The van der Waals surface area contributed by atoms with Gasteiger partial charge in [0.25, 0.3) is 5.91 Å². The fourth-order valence-corrected chi connectivity index (χ4v) is 4.09. The smallest absolute Gasteiger partial charge is 0.342 e. The molecule has 1 amide bonds. The Bertz CT molecular complexity index is 702. The predicted molar refractivity (Wildman–Crippen MR) is 81.3 cm³/mol. The number of amides is 1. The summed E-state index contributed by atoms with van der Waals surface area (Å²) in [5, 5.41) is 12.1. The molecule has 1 aliphatic rings. The zero-order valence-corrected chi connectivity index (χ0v) is 13.8. The first-order valence-corrected chi connectivity index (χ1v) is 9.04. The van der Waals surface area contributed by atoms with Gasteiger partial charge in [0.05, 0.1) is 11.5 Å². The minimum absolute atomic E-state index is 0.0453. The van der Waals surface area contributed by atoms with Crippen molar-refractivity contribution in [2.45, 2.75) is 12.5 Å². The summed E-state index contributed by atoms with van der Waals surface area (Å²) in [5.74, 6) is -1.73. The second kappa shape index (κ2) is 6.66. The number of benzene rings is 1. The number of halogens is 1. The molecular weight excluding hydrogens is 378 g/mol. The Morgan fingerprint density at radius 3 is 2.77 bits per heavy atom. The summed E-state index contributed by atoms with van der Waals surface area (Å²) >= 11 is 3.16. The first-order chi connectivity index (χ1) is 10.3. The zero-order chi connectivity index (χ0) is 16.3. The van der Waals surface area contributed by atoms with Crippen LogP contribution in [0.2, 0.25) is 0 Å². The third-order valence-electron chi connectivity index (χ3n) is 3.11. The van der Waals surface area contributed by atoms with Crippen molar-refractivity contribution in [1.29, 1.82) is 0 Å². The number of carbonyl (C=O) groups excluding carboxylic acids is 2. The molecule has 1 fully saturated rings. The van der Waals surface area contributed by atoms with E-state index in [2.05, 4.69) is 21.2 Å². The number of hydrogen-bond acceptors (Lipinski definition) is 6.